The van der Waals surface area contributed by atoms with Gasteiger partial charge in [0.1, 0.15) is 17.9 Å². The zero-order valence-corrected chi connectivity index (χ0v) is 17.0. The van der Waals surface area contributed by atoms with Crippen LogP contribution < -0.4 is 10.9 Å². The lowest BCUT2D eigenvalue weighted by atomic mass is 10.0. The number of para-hydroxylation sites is 1. The molecule has 1 N–H and O–H groups in total. The molecular weight excluding hydrogens is 396 g/mol. The van der Waals surface area contributed by atoms with E-state index < -0.39 is 0 Å². The van der Waals surface area contributed by atoms with E-state index >= 15 is 0 Å². The number of amides is 1. The summed E-state index contributed by atoms with van der Waals surface area (Å²) >= 11 is 1.58. The van der Waals surface area contributed by atoms with Crippen molar-refractivity contribution in [3.8, 4) is 11.1 Å². The molecule has 0 aliphatic carbocycles. The highest BCUT2D eigenvalue weighted by atomic mass is 32.1. The van der Waals surface area contributed by atoms with Crippen molar-refractivity contribution >= 4 is 38.7 Å². The van der Waals surface area contributed by atoms with E-state index in [1.54, 1.807) is 11.3 Å². The molecule has 0 spiro atoms. The van der Waals surface area contributed by atoms with Gasteiger partial charge in [0.25, 0.3) is 5.56 Å². The number of aromatic nitrogens is 3. The summed E-state index contributed by atoms with van der Waals surface area (Å²) in [5.74, 6) is 0.362. The van der Waals surface area contributed by atoms with Crippen molar-refractivity contribution in [2.75, 3.05) is 5.32 Å². The van der Waals surface area contributed by atoms with Crippen LogP contribution in [0.4, 0.5) is 5.69 Å². The fourth-order valence-corrected chi connectivity index (χ4v) is 4.53. The Bertz CT molecular complexity index is 1450. The number of thiophene rings is 1. The Kier molecular flexibility index (Phi) is 4.44. The number of rotatable bonds is 4. The van der Waals surface area contributed by atoms with Crippen LogP contribution in [-0.4, -0.2) is 20.1 Å². The molecular formula is C23H18N4O2S. The molecule has 148 valence electrons. The average molecular weight is 414 g/mol. The summed E-state index contributed by atoms with van der Waals surface area (Å²) in [6.07, 6.45) is 0. The van der Waals surface area contributed by atoms with Gasteiger partial charge in [-0.2, -0.15) is 5.10 Å². The van der Waals surface area contributed by atoms with Gasteiger partial charge in [0.2, 0.25) is 5.91 Å². The van der Waals surface area contributed by atoms with E-state index in [-0.39, 0.29) is 18.0 Å². The van der Waals surface area contributed by atoms with Crippen LogP contribution in [0.25, 0.3) is 26.9 Å². The molecule has 5 aromatic rings. The van der Waals surface area contributed by atoms with Gasteiger partial charge in [0.15, 0.2) is 0 Å². The van der Waals surface area contributed by atoms with Gasteiger partial charge in [-0.1, -0.05) is 48.5 Å². The van der Waals surface area contributed by atoms with Crippen molar-refractivity contribution in [1.29, 1.82) is 0 Å². The van der Waals surface area contributed by atoms with Gasteiger partial charge in [-0.25, -0.2) is 4.68 Å². The topological polar surface area (TPSA) is 68.4 Å². The molecule has 0 fully saturated rings. The zero-order valence-electron chi connectivity index (χ0n) is 16.2. The summed E-state index contributed by atoms with van der Waals surface area (Å²) in [7, 11) is 0. The van der Waals surface area contributed by atoms with Crippen LogP contribution in [0.1, 0.15) is 5.82 Å². The molecule has 0 saturated heterocycles. The van der Waals surface area contributed by atoms with Gasteiger partial charge in [-0.15, -0.1) is 11.3 Å². The SMILES string of the molecule is Cc1nn(CC(=O)Nc2ccccc2-c2ccccc2)c(=O)c2cc3sccc3n12. The molecule has 3 heterocycles. The van der Waals surface area contributed by atoms with E-state index in [1.165, 1.54) is 4.68 Å². The number of benzene rings is 2. The molecule has 0 unspecified atom stereocenters. The summed E-state index contributed by atoms with van der Waals surface area (Å²) in [6, 6.07) is 21.3. The molecule has 6 nitrogen and oxygen atoms in total. The number of fused-ring (bicyclic) bond motifs is 3. The summed E-state index contributed by atoms with van der Waals surface area (Å²) in [5, 5.41) is 9.29. The third-order valence-corrected chi connectivity index (χ3v) is 5.90. The standard InChI is InChI=1S/C23H18N4O2S/c1-15-25-26(23(29)20-13-21-19(27(15)20)11-12-30-21)14-22(28)24-18-10-6-5-9-17(18)16-7-3-2-4-8-16/h2-13H,14H2,1H3,(H,24,28). The number of carbonyl (C=O) groups is 1. The molecule has 0 aliphatic heterocycles. The minimum absolute atomic E-state index is 0.155. The van der Waals surface area contributed by atoms with Crippen molar-refractivity contribution in [3.63, 3.8) is 0 Å². The third kappa shape index (κ3) is 3.09. The zero-order chi connectivity index (χ0) is 20.7. The molecule has 2 aromatic carbocycles. The minimum Gasteiger partial charge on any atom is -0.324 e. The minimum atomic E-state index is -0.301. The van der Waals surface area contributed by atoms with Crippen molar-refractivity contribution in [1.82, 2.24) is 14.2 Å². The Balaban J connectivity index is 1.46. The molecule has 5 rings (SSSR count). The first kappa shape index (κ1) is 18.3. The highest BCUT2D eigenvalue weighted by Crippen LogP contribution is 2.27. The average Bonchev–Trinajstić information content (AvgIpc) is 3.34. The van der Waals surface area contributed by atoms with Crippen molar-refractivity contribution in [2.24, 2.45) is 0 Å². The van der Waals surface area contributed by atoms with Crippen LogP contribution in [0.2, 0.25) is 0 Å². The quantitative estimate of drug-likeness (QED) is 0.476. The van der Waals surface area contributed by atoms with Crippen molar-refractivity contribution in [3.05, 3.63) is 88.3 Å². The fourth-order valence-electron chi connectivity index (χ4n) is 3.72. The summed E-state index contributed by atoms with van der Waals surface area (Å²) in [6.45, 7) is 1.68. The number of aryl methyl sites for hydroxylation is 1. The normalized spacial score (nSPS) is 11.2. The highest BCUT2D eigenvalue weighted by Gasteiger charge is 2.15. The Labute approximate surface area is 176 Å². The maximum absolute atomic E-state index is 12.9. The Hall–Kier alpha value is -3.71. The van der Waals surface area contributed by atoms with Gasteiger partial charge >= 0.3 is 0 Å². The van der Waals surface area contributed by atoms with E-state index in [4.69, 9.17) is 0 Å². The lowest BCUT2D eigenvalue weighted by Crippen LogP contribution is -2.31. The van der Waals surface area contributed by atoms with Crippen LogP contribution in [0.15, 0.2) is 76.9 Å². The number of nitrogens with one attached hydrogen (secondary N) is 1. The van der Waals surface area contributed by atoms with Gasteiger partial charge < -0.3 is 5.32 Å². The van der Waals surface area contributed by atoms with Gasteiger partial charge in [0.05, 0.1) is 10.2 Å². The van der Waals surface area contributed by atoms with Crippen LogP contribution in [0, 0.1) is 6.92 Å². The van der Waals surface area contributed by atoms with E-state index in [0.29, 0.717) is 17.0 Å². The largest absolute Gasteiger partial charge is 0.324 e. The second-order valence-corrected chi connectivity index (χ2v) is 7.95. The molecule has 7 heteroatoms. The van der Waals surface area contributed by atoms with Gasteiger partial charge in [0, 0.05) is 11.3 Å². The number of carbonyl (C=O) groups excluding carboxylic acids is 1. The maximum Gasteiger partial charge on any atom is 0.291 e. The van der Waals surface area contributed by atoms with Crippen LogP contribution in [0.3, 0.4) is 0 Å². The molecule has 0 radical (unpaired) electrons. The van der Waals surface area contributed by atoms with Crippen molar-refractivity contribution in [2.45, 2.75) is 13.5 Å². The first-order chi connectivity index (χ1) is 14.6. The van der Waals surface area contributed by atoms with Crippen LogP contribution >= 0.6 is 11.3 Å². The third-order valence-electron chi connectivity index (χ3n) is 5.04. The molecule has 0 atom stereocenters. The van der Waals surface area contributed by atoms with E-state index in [1.807, 2.05) is 83.4 Å². The number of nitrogens with zero attached hydrogens (tertiary/aromatic N) is 3. The first-order valence-electron chi connectivity index (χ1n) is 9.52. The molecule has 0 aliphatic rings. The van der Waals surface area contributed by atoms with Crippen LogP contribution in [-0.2, 0) is 11.3 Å². The molecule has 3 aromatic heterocycles. The summed E-state index contributed by atoms with van der Waals surface area (Å²) < 4.78 is 4.10. The first-order valence-corrected chi connectivity index (χ1v) is 10.4. The summed E-state index contributed by atoms with van der Waals surface area (Å²) in [4.78, 5) is 25.7. The second kappa shape index (κ2) is 7.27. The lowest BCUT2D eigenvalue weighted by molar-refractivity contribution is -0.117. The van der Waals surface area contributed by atoms with Gasteiger partial charge in [-0.05, 0) is 36.1 Å². The number of hydrogen-bond donors (Lipinski definition) is 1. The highest BCUT2D eigenvalue weighted by molar-refractivity contribution is 7.17. The molecule has 0 bridgehead atoms. The fraction of sp³-hybridized carbons (Fsp3) is 0.0870. The van der Waals surface area contributed by atoms with Crippen LogP contribution in [0.5, 0.6) is 0 Å². The lowest BCUT2D eigenvalue weighted by Gasteiger charge is -2.12. The Morgan fingerprint density at radius 2 is 1.80 bits per heavy atom. The Morgan fingerprint density at radius 3 is 2.63 bits per heavy atom. The second-order valence-electron chi connectivity index (χ2n) is 7.00. The predicted octanol–water partition coefficient (Wildman–Crippen LogP) is 4.32. The maximum atomic E-state index is 12.9. The molecule has 30 heavy (non-hydrogen) atoms. The monoisotopic (exact) mass is 414 g/mol. The summed E-state index contributed by atoms with van der Waals surface area (Å²) in [5.41, 5.74) is 3.84. The molecule has 0 saturated carbocycles. The number of hydrogen-bond acceptors (Lipinski definition) is 4. The van der Waals surface area contributed by atoms with E-state index in [2.05, 4.69) is 10.4 Å². The predicted molar refractivity (Wildman–Crippen MR) is 120 cm³/mol. The molecule has 1 amide bonds. The van der Waals surface area contributed by atoms with Crippen molar-refractivity contribution < 1.29 is 4.79 Å². The van der Waals surface area contributed by atoms with E-state index in [0.717, 1.165) is 21.3 Å². The number of anilines is 1. The Morgan fingerprint density at radius 1 is 1.03 bits per heavy atom. The smallest absolute Gasteiger partial charge is 0.291 e. The van der Waals surface area contributed by atoms with E-state index in [9.17, 15) is 9.59 Å². The van der Waals surface area contributed by atoms with Gasteiger partial charge in [-0.3, -0.25) is 14.0 Å².